The zero-order chi connectivity index (χ0) is 14.8. The Morgan fingerprint density at radius 1 is 1.45 bits per heavy atom. The first-order valence-corrected chi connectivity index (χ1v) is 6.58. The van der Waals surface area contributed by atoms with E-state index in [1.54, 1.807) is 6.92 Å². The Bertz CT molecular complexity index is 535. The summed E-state index contributed by atoms with van der Waals surface area (Å²) >= 11 is 0. The van der Waals surface area contributed by atoms with Gasteiger partial charge in [-0.15, -0.1) is 0 Å². The van der Waals surface area contributed by atoms with E-state index in [2.05, 4.69) is 10.3 Å². The molecule has 1 heterocycles. The monoisotopic (exact) mass is 280 g/mol. The van der Waals surface area contributed by atoms with E-state index in [1.165, 1.54) is 6.20 Å². The topological polar surface area (TPSA) is 79.3 Å². The largest absolute Gasteiger partial charge is 0.481 e. The van der Waals surface area contributed by atoms with Crippen molar-refractivity contribution in [3.8, 4) is 0 Å². The molecule has 2 atom stereocenters. The molecule has 1 amide bonds. The lowest BCUT2D eigenvalue weighted by Gasteiger charge is -2.38. The van der Waals surface area contributed by atoms with Crippen molar-refractivity contribution in [3.63, 3.8) is 0 Å². The molecule has 6 heteroatoms. The van der Waals surface area contributed by atoms with Crippen molar-refractivity contribution in [1.29, 1.82) is 0 Å². The second-order valence-corrected chi connectivity index (χ2v) is 5.39. The van der Waals surface area contributed by atoms with E-state index >= 15 is 0 Å². The van der Waals surface area contributed by atoms with Crippen molar-refractivity contribution in [3.05, 3.63) is 29.8 Å². The maximum atomic E-state index is 13.0. The molecule has 0 aromatic carbocycles. The first-order valence-electron chi connectivity index (χ1n) is 6.58. The van der Waals surface area contributed by atoms with Gasteiger partial charge in [0.2, 0.25) is 0 Å². The van der Waals surface area contributed by atoms with E-state index in [0.717, 1.165) is 25.1 Å². The normalized spacial score (nSPS) is 26.0. The molecule has 108 valence electrons. The van der Waals surface area contributed by atoms with Crippen molar-refractivity contribution < 1.29 is 19.1 Å². The van der Waals surface area contributed by atoms with Crippen LogP contribution in [0.25, 0.3) is 0 Å². The van der Waals surface area contributed by atoms with Crippen LogP contribution in [0.3, 0.4) is 0 Å². The van der Waals surface area contributed by atoms with Gasteiger partial charge in [-0.1, -0.05) is 12.8 Å². The number of hydrogen-bond donors (Lipinski definition) is 2. The number of carboxylic acids is 1. The van der Waals surface area contributed by atoms with Gasteiger partial charge in [-0.2, -0.15) is 0 Å². The molecule has 0 bridgehead atoms. The molecule has 1 aliphatic rings. The van der Waals surface area contributed by atoms with Gasteiger partial charge in [0.05, 0.1) is 17.2 Å². The molecule has 0 aliphatic heterocycles. The number of nitrogens with one attached hydrogen (secondary N) is 1. The van der Waals surface area contributed by atoms with Gasteiger partial charge in [0.15, 0.2) is 0 Å². The average molecular weight is 280 g/mol. The zero-order valence-electron chi connectivity index (χ0n) is 11.2. The summed E-state index contributed by atoms with van der Waals surface area (Å²) in [6.45, 7) is 1.64. The van der Waals surface area contributed by atoms with E-state index in [0.29, 0.717) is 12.8 Å². The maximum absolute atomic E-state index is 13.0. The Balaban J connectivity index is 2.15. The number of nitrogens with zero attached hydrogens (tertiary/aromatic N) is 1. The third-order valence-electron chi connectivity index (χ3n) is 3.97. The lowest BCUT2D eigenvalue weighted by atomic mass is 9.71. The summed E-state index contributed by atoms with van der Waals surface area (Å²) in [6, 6.07) is 0.632. The van der Waals surface area contributed by atoms with Crippen LogP contribution in [0.15, 0.2) is 18.5 Å². The molecular weight excluding hydrogens is 263 g/mol. The maximum Gasteiger partial charge on any atom is 0.311 e. The molecule has 1 saturated carbocycles. The number of pyridine rings is 1. The Morgan fingerprint density at radius 2 is 2.20 bits per heavy atom. The van der Waals surface area contributed by atoms with Gasteiger partial charge >= 0.3 is 5.97 Å². The third-order valence-corrected chi connectivity index (χ3v) is 3.97. The molecule has 2 N–H and O–H groups in total. The van der Waals surface area contributed by atoms with Gasteiger partial charge < -0.3 is 10.4 Å². The van der Waals surface area contributed by atoms with Crippen LogP contribution >= 0.6 is 0 Å². The summed E-state index contributed by atoms with van der Waals surface area (Å²) in [7, 11) is 0. The Morgan fingerprint density at radius 3 is 2.85 bits per heavy atom. The van der Waals surface area contributed by atoms with Gasteiger partial charge in [-0.05, 0) is 25.8 Å². The highest BCUT2D eigenvalue weighted by Gasteiger charge is 2.43. The minimum Gasteiger partial charge on any atom is -0.481 e. The lowest BCUT2D eigenvalue weighted by Crippen LogP contribution is -2.52. The van der Waals surface area contributed by atoms with Crippen molar-refractivity contribution in [2.45, 2.75) is 38.6 Å². The minimum atomic E-state index is -0.978. The summed E-state index contributed by atoms with van der Waals surface area (Å²) in [5.41, 5.74) is -0.877. The summed E-state index contributed by atoms with van der Waals surface area (Å²) in [5, 5.41) is 12.1. The minimum absolute atomic E-state index is 0.100. The quantitative estimate of drug-likeness (QED) is 0.887. The van der Waals surface area contributed by atoms with E-state index in [4.69, 9.17) is 0 Å². The predicted molar refractivity (Wildman–Crippen MR) is 69.7 cm³/mol. The molecule has 1 fully saturated rings. The van der Waals surface area contributed by atoms with E-state index in [-0.39, 0.29) is 5.56 Å². The summed E-state index contributed by atoms with van der Waals surface area (Å²) in [6.07, 6.45) is 5.11. The Hall–Kier alpha value is -1.98. The fourth-order valence-corrected chi connectivity index (χ4v) is 2.60. The second kappa shape index (κ2) is 5.56. The third kappa shape index (κ3) is 2.79. The van der Waals surface area contributed by atoms with Gasteiger partial charge in [0, 0.05) is 12.2 Å². The average Bonchev–Trinajstić information content (AvgIpc) is 2.41. The van der Waals surface area contributed by atoms with E-state index in [9.17, 15) is 19.1 Å². The van der Waals surface area contributed by atoms with Crippen LogP contribution in [-0.2, 0) is 4.79 Å². The standard InChI is InChI=1S/C14H17FN2O3/c1-14(13(19)20)5-3-2-4-11(14)17-12(18)9-6-10(15)8-16-7-9/h6-8,11H,2-5H2,1H3,(H,17,18)(H,19,20). The van der Waals surface area contributed by atoms with Crippen LogP contribution in [-0.4, -0.2) is 28.0 Å². The molecular formula is C14H17FN2O3. The van der Waals surface area contributed by atoms with Crippen molar-refractivity contribution >= 4 is 11.9 Å². The van der Waals surface area contributed by atoms with Crippen LogP contribution in [0, 0.1) is 11.2 Å². The van der Waals surface area contributed by atoms with Crippen LogP contribution in [0.5, 0.6) is 0 Å². The zero-order valence-corrected chi connectivity index (χ0v) is 11.2. The molecule has 2 rings (SSSR count). The lowest BCUT2D eigenvalue weighted by molar-refractivity contribution is -0.151. The van der Waals surface area contributed by atoms with Gasteiger partial charge in [-0.3, -0.25) is 14.6 Å². The van der Waals surface area contributed by atoms with Crippen LogP contribution in [0.1, 0.15) is 43.0 Å². The smallest absolute Gasteiger partial charge is 0.311 e. The van der Waals surface area contributed by atoms with Crippen LogP contribution < -0.4 is 5.32 Å². The molecule has 2 unspecified atom stereocenters. The highest BCUT2D eigenvalue weighted by molar-refractivity contribution is 5.94. The summed E-state index contributed by atoms with van der Waals surface area (Å²) < 4.78 is 13.0. The van der Waals surface area contributed by atoms with Gasteiger partial charge in [-0.25, -0.2) is 4.39 Å². The molecule has 1 aliphatic carbocycles. The van der Waals surface area contributed by atoms with Crippen molar-refractivity contribution in [2.75, 3.05) is 0 Å². The first-order chi connectivity index (χ1) is 9.43. The summed E-state index contributed by atoms with van der Waals surface area (Å²) in [5.74, 6) is -2.00. The second-order valence-electron chi connectivity index (χ2n) is 5.39. The van der Waals surface area contributed by atoms with E-state index in [1.807, 2.05) is 0 Å². The number of hydrogen-bond acceptors (Lipinski definition) is 3. The highest BCUT2D eigenvalue weighted by Crippen LogP contribution is 2.36. The molecule has 0 radical (unpaired) electrons. The number of halogens is 1. The summed E-state index contributed by atoms with van der Waals surface area (Å²) in [4.78, 5) is 27.1. The Kier molecular flexibility index (Phi) is 4.01. The molecule has 0 saturated heterocycles. The number of aromatic nitrogens is 1. The fourth-order valence-electron chi connectivity index (χ4n) is 2.60. The van der Waals surface area contributed by atoms with Gasteiger partial charge in [0.1, 0.15) is 5.82 Å². The van der Waals surface area contributed by atoms with Crippen LogP contribution in [0.4, 0.5) is 4.39 Å². The first kappa shape index (κ1) is 14.4. The highest BCUT2D eigenvalue weighted by atomic mass is 19.1. The number of amides is 1. The van der Waals surface area contributed by atoms with E-state index < -0.39 is 29.2 Å². The number of rotatable bonds is 3. The molecule has 20 heavy (non-hydrogen) atoms. The predicted octanol–water partition coefficient (Wildman–Crippen LogP) is 1.98. The Labute approximate surface area is 116 Å². The number of carboxylic acid groups (broad SMARTS) is 1. The van der Waals surface area contributed by atoms with Crippen LogP contribution in [0.2, 0.25) is 0 Å². The van der Waals surface area contributed by atoms with Crippen molar-refractivity contribution in [1.82, 2.24) is 10.3 Å². The number of aliphatic carboxylic acids is 1. The SMILES string of the molecule is CC1(C(=O)O)CCCCC1NC(=O)c1cncc(F)c1. The number of carbonyl (C=O) groups excluding carboxylic acids is 1. The molecule has 1 aromatic heterocycles. The molecule has 0 spiro atoms. The molecule has 5 nitrogen and oxygen atoms in total. The van der Waals surface area contributed by atoms with Gasteiger partial charge in [0.25, 0.3) is 5.91 Å². The number of carbonyl (C=O) groups is 2. The van der Waals surface area contributed by atoms with Crippen molar-refractivity contribution in [2.24, 2.45) is 5.41 Å². The fraction of sp³-hybridized carbons (Fsp3) is 0.500. The molecule has 1 aromatic rings.